The van der Waals surface area contributed by atoms with Crippen molar-refractivity contribution in [2.45, 2.75) is 20.8 Å². The molecule has 2 aromatic carbocycles. The van der Waals surface area contributed by atoms with Gasteiger partial charge < -0.3 is 19.5 Å². The summed E-state index contributed by atoms with van der Waals surface area (Å²) in [4.78, 5) is 12.4. The summed E-state index contributed by atoms with van der Waals surface area (Å²) in [6.07, 6.45) is 0. The molecular weight excluding hydrogens is 306 g/mol. The van der Waals surface area contributed by atoms with E-state index in [1.807, 2.05) is 26.8 Å². The normalized spacial score (nSPS) is 10.1. The Morgan fingerprint density at radius 3 is 2.29 bits per heavy atom. The fraction of sp³-hybridized carbons (Fsp3) is 0.316. The molecule has 24 heavy (non-hydrogen) atoms. The summed E-state index contributed by atoms with van der Waals surface area (Å²) in [5.41, 5.74) is 1.18. The molecule has 0 radical (unpaired) electrons. The Morgan fingerprint density at radius 2 is 1.58 bits per heavy atom. The van der Waals surface area contributed by atoms with Gasteiger partial charge in [0, 0.05) is 17.3 Å². The summed E-state index contributed by atoms with van der Waals surface area (Å²) in [6, 6.07) is 12.4. The highest BCUT2D eigenvalue weighted by molar-refractivity contribution is 6.04. The van der Waals surface area contributed by atoms with Crippen molar-refractivity contribution in [1.82, 2.24) is 0 Å². The number of benzene rings is 2. The summed E-state index contributed by atoms with van der Waals surface area (Å²) in [5, 5.41) is 2.87. The van der Waals surface area contributed by atoms with Crippen LogP contribution in [0.4, 0.5) is 5.69 Å². The molecule has 0 unspecified atom stereocenters. The number of carbonyl (C=O) groups excluding carboxylic acids is 1. The van der Waals surface area contributed by atoms with Gasteiger partial charge in [-0.05, 0) is 51.1 Å². The topological polar surface area (TPSA) is 56.8 Å². The van der Waals surface area contributed by atoms with Crippen LogP contribution in [0, 0.1) is 0 Å². The van der Waals surface area contributed by atoms with Crippen LogP contribution in [0.2, 0.25) is 0 Å². The maximum atomic E-state index is 12.4. The van der Waals surface area contributed by atoms with Gasteiger partial charge in [-0.2, -0.15) is 0 Å². The highest BCUT2D eigenvalue weighted by Gasteiger charge is 2.10. The minimum absolute atomic E-state index is 0.205. The van der Waals surface area contributed by atoms with Crippen molar-refractivity contribution in [3.05, 3.63) is 48.0 Å². The van der Waals surface area contributed by atoms with Gasteiger partial charge in [-0.15, -0.1) is 0 Å². The third-order valence-electron chi connectivity index (χ3n) is 3.21. The number of anilines is 1. The van der Waals surface area contributed by atoms with Crippen molar-refractivity contribution in [2.24, 2.45) is 0 Å². The van der Waals surface area contributed by atoms with Gasteiger partial charge in [-0.3, -0.25) is 4.79 Å². The first-order valence-electron chi connectivity index (χ1n) is 8.11. The molecule has 0 aliphatic carbocycles. The largest absolute Gasteiger partial charge is 0.494 e. The number of amides is 1. The number of ether oxygens (including phenoxy) is 3. The van der Waals surface area contributed by atoms with Crippen LogP contribution in [-0.4, -0.2) is 25.7 Å². The molecule has 0 aliphatic rings. The van der Waals surface area contributed by atoms with E-state index in [4.69, 9.17) is 14.2 Å². The number of nitrogens with one attached hydrogen (secondary N) is 1. The van der Waals surface area contributed by atoms with Crippen molar-refractivity contribution in [3.8, 4) is 17.2 Å². The van der Waals surface area contributed by atoms with Gasteiger partial charge in [0.15, 0.2) is 11.5 Å². The standard InChI is InChI=1S/C19H23NO4/c1-4-22-16-9-7-8-14(12-16)19(21)20-15-10-11-17(23-5-2)18(13-15)24-6-3/h7-13H,4-6H2,1-3H3,(H,20,21). The maximum Gasteiger partial charge on any atom is 0.255 e. The summed E-state index contributed by atoms with van der Waals surface area (Å²) < 4.78 is 16.5. The number of rotatable bonds is 8. The monoisotopic (exact) mass is 329 g/mol. The van der Waals surface area contributed by atoms with E-state index < -0.39 is 0 Å². The molecule has 2 aromatic rings. The van der Waals surface area contributed by atoms with E-state index in [-0.39, 0.29) is 5.91 Å². The predicted molar refractivity (Wildman–Crippen MR) is 94.3 cm³/mol. The minimum Gasteiger partial charge on any atom is -0.494 e. The van der Waals surface area contributed by atoms with Gasteiger partial charge in [-0.25, -0.2) is 0 Å². The second-order valence-electron chi connectivity index (χ2n) is 4.94. The van der Waals surface area contributed by atoms with Crippen LogP contribution in [0.1, 0.15) is 31.1 Å². The molecular formula is C19H23NO4. The number of hydrogen-bond acceptors (Lipinski definition) is 4. The molecule has 0 fully saturated rings. The van der Waals surface area contributed by atoms with E-state index in [1.54, 1.807) is 36.4 Å². The fourth-order valence-electron chi connectivity index (χ4n) is 2.23. The third kappa shape index (κ3) is 4.65. The lowest BCUT2D eigenvalue weighted by atomic mass is 10.2. The minimum atomic E-state index is -0.205. The van der Waals surface area contributed by atoms with Crippen LogP contribution < -0.4 is 19.5 Å². The smallest absolute Gasteiger partial charge is 0.255 e. The van der Waals surface area contributed by atoms with E-state index in [0.29, 0.717) is 48.3 Å². The SMILES string of the molecule is CCOc1cccc(C(=O)Nc2ccc(OCC)c(OCC)c2)c1. The predicted octanol–water partition coefficient (Wildman–Crippen LogP) is 4.14. The lowest BCUT2D eigenvalue weighted by molar-refractivity contribution is 0.102. The van der Waals surface area contributed by atoms with Crippen LogP contribution in [0.15, 0.2) is 42.5 Å². The molecule has 0 saturated carbocycles. The second kappa shape index (κ2) is 8.82. The summed E-state index contributed by atoms with van der Waals surface area (Å²) in [7, 11) is 0. The second-order valence-corrected chi connectivity index (χ2v) is 4.94. The van der Waals surface area contributed by atoms with Crippen molar-refractivity contribution >= 4 is 11.6 Å². The zero-order chi connectivity index (χ0) is 17.4. The number of carbonyl (C=O) groups is 1. The van der Waals surface area contributed by atoms with Crippen molar-refractivity contribution < 1.29 is 19.0 Å². The van der Waals surface area contributed by atoms with Gasteiger partial charge >= 0.3 is 0 Å². The molecule has 2 rings (SSSR count). The van der Waals surface area contributed by atoms with Crippen LogP contribution >= 0.6 is 0 Å². The van der Waals surface area contributed by atoms with Gasteiger partial charge in [0.2, 0.25) is 0 Å². The molecule has 0 spiro atoms. The molecule has 0 bridgehead atoms. The molecule has 0 atom stereocenters. The van der Waals surface area contributed by atoms with Crippen LogP contribution in [0.25, 0.3) is 0 Å². The Morgan fingerprint density at radius 1 is 0.875 bits per heavy atom. The molecule has 0 saturated heterocycles. The summed E-state index contributed by atoms with van der Waals surface area (Å²) in [6.45, 7) is 7.35. The first-order valence-corrected chi connectivity index (χ1v) is 8.11. The lowest BCUT2D eigenvalue weighted by Crippen LogP contribution is -2.12. The third-order valence-corrected chi connectivity index (χ3v) is 3.21. The van der Waals surface area contributed by atoms with Crippen LogP contribution in [-0.2, 0) is 0 Å². The van der Waals surface area contributed by atoms with Gasteiger partial charge in [0.05, 0.1) is 19.8 Å². The average molecular weight is 329 g/mol. The van der Waals surface area contributed by atoms with E-state index in [0.717, 1.165) is 0 Å². The number of hydrogen-bond donors (Lipinski definition) is 1. The van der Waals surface area contributed by atoms with Crippen molar-refractivity contribution in [2.75, 3.05) is 25.1 Å². The highest BCUT2D eigenvalue weighted by Crippen LogP contribution is 2.30. The Kier molecular flexibility index (Phi) is 6.49. The van der Waals surface area contributed by atoms with E-state index in [1.165, 1.54) is 0 Å². The molecule has 0 aliphatic heterocycles. The van der Waals surface area contributed by atoms with Crippen LogP contribution in [0.5, 0.6) is 17.2 Å². The van der Waals surface area contributed by atoms with Gasteiger partial charge in [0.1, 0.15) is 5.75 Å². The van der Waals surface area contributed by atoms with E-state index >= 15 is 0 Å². The Bertz CT molecular complexity index is 685. The Balaban J connectivity index is 2.16. The molecule has 0 heterocycles. The first kappa shape index (κ1) is 17.7. The fourth-order valence-corrected chi connectivity index (χ4v) is 2.23. The van der Waals surface area contributed by atoms with Gasteiger partial charge in [-0.1, -0.05) is 6.07 Å². The molecule has 128 valence electrons. The molecule has 0 aromatic heterocycles. The molecule has 5 heteroatoms. The summed E-state index contributed by atoms with van der Waals surface area (Å²) >= 11 is 0. The summed E-state index contributed by atoms with van der Waals surface area (Å²) in [5.74, 6) is 1.74. The van der Waals surface area contributed by atoms with Crippen molar-refractivity contribution in [3.63, 3.8) is 0 Å². The quantitative estimate of drug-likeness (QED) is 0.791. The van der Waals surface area contributed by atoms with Crippen molar-refractivity contribution in [1.29, 1.82) is 0 Å². The molecule has 5 nitrogen and oxygen atoms in total. The average Bonchev–Trinajstić information content (AvgIpc) is 2.58. The van der Waals surface area contributed by atoms with E-state index in [2.05, 4.69) is 5.32 Å². The molecule has 1 amide bonds. The maximum absolute atomic E-state index is 12.4. The lowest BCUT2D eigenvalue weighted by Gasteiger charge is -2.13. The van der Waals surface area contributed by atoms with Crippen LogP contribution in [0.3, 0.4) is 0 Å². The first-order chi connectivity index (χ1) is 11.7. The zero-order valence-corrected chi connectivity index (χ0v) is 14.3. The Labute approximate surface area is 142 Å². The zero-order valence-electron chi connectivity index (χ0n) is 14.3. The highest BCUT2D eigenvalue weighted by atomic mass is 16.5. The van der Waals surface area contributed by atoms with Gasteiger partial charge in [0.25, 0.3) is 5.91 Å². The Hall–Kier alpha value is -2.69. The van der Waals surface area contributed by atoms with E-state index in [9.17, 15) is 4.79 Å². The molecule has 1 N–H and O–H groups in total.